The second-order valence-corrected chi connectivity index (χ2v) is 4.26. The first-order valence-electron chi connectivity index (χ1n) is 5.50. The summed E-state index contributed by atoms with van der Waals surface area (Å²) in [6.45, 7) is 3.31. The zero-order valence-corrected chi connectivity index (χ0v) is 9.64. The number of hydrogen-bond donors (Lipinski definition) is 1. The predicted octanol–water partition coefficient (Wildman–Crippen LogP) is 0.561. The van der Waals surface area contributed by atoms with Gasteiger partial charge >= 0.3 is 0 Å². The molecule has 5 heteroatoms. The van der Waals surface area contributed by atoms with Gasteiger partial charge in [-0.3, -0.25) is 4.68 Å². The first kappa shape index (κ1) is 11.0. The van der Waals surface area contributed by atoms with Crippen LogP contribution in [0.3, 0.4) is 0 Å². The summed E-state index contributed by atoms with van der Waals surface area (Å²) in [4.78, 5) is 2.05. The van der Waals surface area contributed by atoms with Crippen molar-refractivity contribution in [1.82, 2.24) is 9.78 Å². The Morgan fingerprint density at radius 2 is 2.31 bits per heavy atom. The minimum Gasteiger partial charge on any atom is -0.391 e. The molecule has 0 bridgehead atoms. The van der Waals surface area contributed by atoms with Crippen molar-refractivity contribution in [3.63, 3.8) is 0 Å². The summed E-state index contributed by atoms with van der Waals surface area (Å²) in [6, 6.07) is 2.19. The van der Waals surface area contributed by atoms with E-state index in [0.717, 1.165) is 30.9 Å². The fourth-order valence-electron chi connectivity index (χ4n) is 2.29. The smallest absolute Gasteiger partial charge is 0.145 e. The topological polar surface area (TPSA) is 65.1 Å². The second kappa shape index (κ2) is 4.14. The molecule has 2 rings (SSSR count). The number of aliphatic hydroxyl groups is 1. The van der Waals surface area contributed by atoms with E-state index < -0.39 is 0 Å². The lowest BCUT2D eigenvalue weighted by atomic mass is 10.1. The van der Waals surface area contributed by atoms with Crippen LogP contribution < -0.4 is 4.90 Å². The number of aliphatic hydroxyl groups excluding tert-OH is 1. The van der Waals surface area contributed by atoms with Crippen molar-refractivity contribution in [2.75, 3.05) is 18.0 Å². The zero-order valence-electron chi connectivity index (χ0n) is 9.64. The lowest BCUT2D eigenvalue weighted by molar-refractivity contribution is 0.153. The summed E-state index contributed by atoms with van der Waals surface area (Å²) in [5.74, 6) is 0.832. The number of anilines is 1. The summed E-state index contributed by atoms with van der Waals surface area (Å²) >= 11 is 0. The molecule has 0 aromatic carbocycles. The number of hydrogen-bond acceptors (Lipinski definition) is 4. The van der Waals surface area contributed by atoms with Crippen LogP contribution in [0.4, 0.5) is 5.82 Å². The van der Waals surface area contributed by atoms with Crippen LogP contribution in [0.25, 0.3) is 0 Å². The van der Waals surface area contributed by atoms with Gasteiger partial charge in [-0.25, -0.2) is 0 Å². The first-order chi connectivity index (χ1) is 7.63. The second-order valence-electron chi connectivity index (χ2n) is 4.26. The van der Waals surface area contributed by atoms with Crippen LogP contribution >= 0.6 is 0 Å². The summed E-state index contributed by atoms with van der Waals surface area (Å²) < 4.78 is 1.73. The van der Waals surface area contributed by atoms with Crippen LogP contribution in [0.5, 0.6) is 0 Å². The highest BCUT2D eigenvalue weighted by Crippen LogP contribution is 2.25. The Kier molecular flexibility index (Phi) is 2.84. The first-order valence-corrected chi connectivity index (χ1v) is 5.50. The predicted molar refractivity (Wildman–Crippen MR) is 60.1 cm³/mol. The molecule has 0 radical (unpaired) electrons. The molecule has 0 saturated carbocycles. The molecule has 1 saturated heterocycles. The average Bonchev–Trinajstić information content (AvgIpc) is 2.52. The van der Waals surface area contributed by atoms with Crippen LogP contribution in [-0.2, 0) is 7.05 Å². The van der Waals surface area contributed by atoms with Crippen molar-refractivity contribution in [1.29, 1.82) is 5.26 Å². The van der Waals surface area contributed by atoms with Crippen molar-refractivity contribution in [2.45, 2.75) is 25.9 Å². The molecule has 86 valence electrons. The van der Waals surface area contributed by atoms with Crippen molar-refractivity contribution < 1.29 is 5.11 Å². The lowest BCUT2D eigenvalue weighted by Gasteiger charge is -2.31. The monoisotopic (exact) mass is 220 g/mol. The molecule has 0 aliphatic carbocycles. The van der Waals surface area contributed by atoms with Gasteiger partial charge in [0, 0.05) is 20.1 Å². The SMILES string of the molecule is Cc1nn(C)c(N2CCCC(O)C2)c1C#N. The lowest BCUT2D eigenvalue weighted by Crippen LogP contribution is -2.39. The third kappa shape index (κ3) is 1.76. The van der Waals surface area contributed by atoms with E-state index in [1.165, 1.54) is 0 Å². The van der Waals surface area contributed by atoms with Gasteiger partial charge in [0.1, 0.15) is 17.5 Å². The van der Waals surface area contributed by atoms with Crippen molar-refractivity contribution in [3.8, 4) is 6.07 Å². The Bertz CT molecular complexity index is 432. The Labute approximate surface area is 94.9 Å². The highest BCUT2D eigenvalue weighted by atomic mass is 16.3. The fourth-order valence-corrected chi connectivity index (χ4v) is 2.29. The Morgan fingerprint density at radius 3 is 2.94 bits per heavy atom. The molecule has 1 aromatic heterocycles. The zero-order chi connectivity index (χ0) is 11.7. The highest BCUT2D eigenvalue weighted by Gasteiger charge is 2.24. The van der Waals surface area contributed by atoms with Crippen molar-refractivity contribution in [2.24, 2.45) is 7.05 Å². The van der Waals surface area contributed by atoms with Crippen molar-refractivity contribution >= 4 is 5.82 Å². The van der Waals surface area contributed by atoms with Gasteiger partial charge in [0.15, 0.2) is 0 Å². The van der Waals surface area contributed by atoms with Crippen molar-refractivity contribution in [3.05, 3.63) is 11.3 Å². The standard InChI is InChI=1S/C11H16N4O/c1-8-10(6-12)11(14(2)13-8)15-5-3-4-9(16)7-15/h9,16H,3-5,7H2,1-2H3. The molecule has 1 unspecified atom stereocenters. The van der Waals surface area contributed by atoms with Gasteiger partial charge in [-0.1, -0.05) is 0 Å². The molecule has 5 nitrogen and oxygen atoms in total. The third-order valence-electron chi connectivity index (χ3n) is 3.00. The number of rotatable bonds is 1. The summed E-state index contributed by atoms with van der Waals surface area (Å²) in [5.41, 5.74) is 1.37. The summed E-state index contributed by atoms with van der Waals surface area (Å²) in [7, 11) is 1.84. The maximum atomic E-state index is 9.65. The minimum atomic E-state index is -0.296. The minimum absolute atomic E-state index is 0.296. The van der Waals surface area contributed by atoms with Gasteiger partial charge in [0.2, 0.25) is 0 Å². The number of nitrogens with zero attached hydrogens (tertiary/aromatic N) is 4. The Morgan fingerprint density at radius 1 is 1.56 bits per heavy atom. The molecular weight excluding hydrogens is 204 g/mol. The molecule has 1 N–H and O–H groups in total. The molecule has 1 fully saturated rings. The van der Waals surface area contributed by atoms with Gasteiger partial charge in [-0.15, -0.1) is 0 Å². The molecule has 1 aromatic rings. The van der Waals surface area contributed by atoms with E-state index in [0.29, 0.717) is 12.1 Å². The van der Waals surface area contributed by atoms with E-state index in [1.54, 1.807) is 4.68 Å². The summed E-state index contributed by atoms with van der Waals surface area (Å²) in [5, 5.41) is 23.0. The average molecular weight is 220 g/mol. The molecule has 1 atom stereocenters. The maximum Gasteiger partial charge on any atom is 0.145 e. The highest BCUT2D eigenvalue weighted by molar-refractivity contribution is 5.57. The normalized spacial score (nSPS) is 20.9. The molecule has 16 heavy (non-hydrogen) atoms. The molecule has 0 spiro atoms. The number of piperidine rings is 1. The third-order valence-corrected chi connectivity index (χ3v) is 3.00. The van der Waals surface area contributed by atoms with Gasteiger partial charge in [-0.05, 0) is 19.8 Å². The van der Waals surface area contributed by atoms with Crippen LogP contribution in [-0.4, -0.2) is 34.1 Å². The van der Waals surface area contributed by atoms with Gasteiger partial charge in [-0.2, -0.15) is 10.4 Å². The van der Waals surface area contributed by atoms with Gasteiger partial charge in [0.25, 0.3) is 0 Å². The van der Waals surface area contributed by atoms with Crippen LogP contribution in [0.2, 0.25) is 0 Å². The van der Waals surface area contributed by atoms with E-state index in [2.05, 4.69) is 11.2 Å². The number of nitriles is 1. The van der Waals surface area contributed by atoms with E-state index in [9.17, 15) is 5.11 Å². The Hall–Kier alpha value is -1.54. The Balaban J connectivity index is 2.36. The van der Waals surface area contributed by atoms with Gasteiger partial charge < -0.3 is 10.0 Å². The van der Waals surface area contributed by atoms with E-state index >= 15 is 0 Å². The van der Waals surface area contributed by atoms with Gasteiger partial charge in [0.05, 0.1) is 11.8 Å². The fraction of sp³-hybridized carbons (Fsp3) is 0.636. The largest absolute Gasteiger partial charge is 0.391 e. The number of aromatic nitrogens is 2. The van der Waals surface area contributed by atoms with Crippen LogP contribution in [0, 0.1) is 18.3 Å². The molecule has 1 aliphatic heterocycles. The molecule has 0 amide bonds. The molecule has 1 aliphatic rings. The molecular formula is C11H16N4O. The summed E-state index contributed by atoms with van der Waals surface area (Å²) in [6.07, 6.45) is 1.50. The van der Waals surface area contributed by atoms with E-state index in [1.807, 2.05) is 18.9 Å². The van der Waals surface area contributed by atoms with Crippen LogP contribution in [0.15, 0.2) is 0 Å². The van der Waals surface area contributed by atoms with E-state index in [-0.39, 0.29) is 6.10 Å². The molecule has 2 heterocycles. The number of β-amino-alcohol motifs (C(OH)–C–C–N with tert-alkyl or cyclic N) is 1. The van der Waals surface area contributed by atoms with E-state index in [4.69, 9.17) is 5.26 Å². The van der Waals surface area contributed by atoms with Crippen LogP contribution in [0.1, 0.15) is 24.1 Å². The maximum absolute atomic E-state index is 9.65. The quantitative estimate of drug-likeness (QED) is 0.751. The number of aryl methyl sites for hydroxylation is 2.